The molecule has 0 saturated heterocycles. The fourth-order valence-electron chi connectivity index (χ4n) is 14.8. The van der Waals surface area contributed by atoms with Gasteiger partial charge in [0.05, 0.1) is 11.1 Å². The molecule has 0 aliphatic heterocycles. The van der Waals surface area contributed by atoms with Gasteiger partial charge in [0.1, 0.15) is 26.7 Å². The van der Waals surface area contributed by atoms with Gasteiger partial charge < -0.3 is 178 Å². The van der Waals surface area contributed by atoms with E-state index in [1.807, 2.05) is 76.2 Å². The van der Waals surface area contributed by atoms with Crippen LogP contribution >= 0.6 is 0 Å². The van der Waals surface area contributed by atoms with E-state index in [9.17, 15) is 0 Å². The van der Waals surface area contributed by atoms with Gasteiger partial charge in [-0.3, -0.25) is 0 Å². The van der Waals surface area contributed by atoms with Gasteiger partial charge in [-0.2, -0.15) is 0 Å². The number of allylic oxidation sites excluding steroid dienone is 6. The Hall–Kier alpha value is -4.04. The third-order valence-corrected chi connectivity index (χ3v) is 32.7. The van der Waals surface area contributed by atoms with Gasteiger partial charge >= 0.3 is 75.3 Å². The first kappa shape index (κ1) is 176. The van der Waals surface area contributed by atoms with Crippen LogP contribution in [0.25, 0.3) is 22.3 Å². The molecule has 144 heavy (non-hydrogen) atoms. The van der Waals surface area contributed by atoms with E-state index in [-0.39, 0.29) is 105 Å². The van der Waals surface area contributed by atoms with E-state index in [0.717, 1.165) is 159 Å². The standard InChI is InChI=1S/C41H58N3O3Si.C39H54N3O3Si.2C5H14O3Si.3C2H6.7CH4O.4Al.2HI.4H2O.2O/c1-9-43(10-2)35-25-21-33(22-26-35)41(34-23-27-36(28-24-34)44(11-3)12-4)39-29-30-40(38-20-17-16-19-37(38)39)42(8)31-18-32-48(45-13-5,46-14-6)47-15-7;1-9-40(10-2)33-23-19-31(20-24-33)39(32-21-25-34(26-22-32)41(11-3)12-4)37-27-28-38(36-18-15-14-17-35(36)37)42(13-5)29-16-30-46(43-6,44-7)45-8;2*1-5-9(6-2,7-3)8-4;10*1-2;;;;;;;;;;;;/h16-17,19-30H,9-15,18,31-32H2,1-8H3;14-15,17-28H,9-13,16,29-30H2,1-8H3;2*5H2,1-4H3;3*1-2H3;7*2H,1H3;;;;;2*1H;4*1H2;;/q2*+1;;;;;;;;;;;;;;;;;;;;;;;;/p-2. The van der Waals surface area contributed by atoms with Crippen molar-refractivity contribution in [2.24, 2.45) is 0 Å². The van der Waals surface area contributed by atoms with Gasteiger partial charge in [-0.25, -0.2) is 9.15 Å². The molecule has 41 heteroatoms. The Kier molecular flexibility index (Phi) is 140. The van der Waals surface area contributed by atoms with E-state index in [2.05, 4.69) is 268 Å². The van der Waals surface area contributed by atoms with Crippen molar-refractivity contribution in [2.45, 2.75) is 175 Å². The molecule has 8 radical (unpaired) electrons. The molecule has 0 saturated carbocycles. The SMILES string of the molecule is CC.CC.CC.CCN(CC)c1ccc(C(=C2C=CC(=[N+](CC)CCC[Si](OC)(OC)OC)c3ccccc32)c2ccc(N(CC)CC)cc2)cc1.CCO[Si](CCC[N+](C)=C1C=CC(=C(c2ccc(N(CC)CC)cc2)c2ccc(N(CC)CC)cc2)c2ccccc21)(OCC)OCC.CC[Si](OC)(OC)OC.CC[Si](OC)(OC)OC.CO.CO.CO.CO.CO.CO.CO.O.O.O.O.[Al].[Al].[I-].[I-].[O]=[Al].[O]=[Al]. The van der Waals surface area contributed by atoms with Crippen LogP contribution in [0.1, 0.15) is 196 Å². The van der Waals surface area contributed by atoms with E-state index in [0.29, 0.717) is 19.8 Å². The molecule has 828 valence electrons. The van der Waals surface area contributed by atoms with Gasteiger partial charge in [0, 0.05) is 293 Å². The minimum atomic E-state index is -2.68. The molecule has 0 atom stereocenters. The maximum absolute atomic E-state index is 8.17. The zero-order valence-electron chi connectivity index (χ0n) is 94.9. The van der Waals surface area contributed by atoms with Gasteiger partial charge in [0.2, 0.25) is 11.4 Å². The Morgan fingerprint density at radius 1 is 0.299 bits per heavy atom. The Morgan fingerprint density at radius 3 is 0.708 bits per heavy atom. The molecule has 6 aromatic carbocycles. The molecular formula is C103H194Al4I2N6O25Si4. The first-order chi connectivity index (χ1) is 66.3. The summed E-state index contributed by atoms with van der Waals surface area (Å²) in [7, 11) is 14.2. The van der Waals surface area contributed by atoms with Crippen molar-refractivity contribution in [1.82, 2.24) is 0 Å². The van der Waals surface area contributed by atoms with Gasteiger partial charge in [-0.15, -0.1) is 0 Å². The van der Waals surface area contributed by atoms with Crippen molar-refractivity contribution in [3.63, 3.8) is 0 Å². The minimum absolute atomic E-state index is 0. The fraction of sp³-hybridized carbons (Fsp3) is 0.553. The number of halogens is 2. The van der Waals surface area contributed by atoms with Crippen molar-refractivity contribution in [3.8, 4) is 0 Å². The summed E-state index contributed by atoms with van der Waals surface area (Å²) in [6, 6.07) is 57.4. The normalized spacial score (nSPS) is 11.0. The van der Waals surface area contributed by atoms with Crippen LogP contribution in [0.4, 0.5) is 22.7 Å². The summed E-state index contributed by atoms with van der Waals surface area (Å²) >= 11 is 2.33. The van der Waals surface area contributed by atoms with Crippen LogP contribution in [0.3, 0.4) is 0 Å². The number of nitrogens with zero attached hydrogens (tertiary/aromatic N) is 6. The quantitative estimate of drug-likeness (QED) is 0.0109. The topological polar surface area (TPSA) is 431 Å². The molecule has 31 nitrogen and oxygen atoms in total. The van der Waals surface area contributed by atoms with Crippen LogP contribution in [0.15, 0.2) is 170 Å². The van der Waals surface area contributed by atoms with E-state index >= 15 is 0 Å². The average Bonchev–Trinajstić information content (AvgIpc) is 0.765. The predicted molar refractivity (Wildman–Crippen MR) is 609 cm³/mol. The summed E-state index contributed by atoms with van der Waals surface area (Å²) in [5.74, 6) is 0. The molecule has 6 aromatic rings. The molecule has 8 rings (SSSR count). The third kappa shape index (κ3) is 59.3. The third-order valence-electron chi connectivity index (χ3n) is 21.3. The summed E-state index contributed by atoms with van der Waals surface area (Å²) in [5, 5.41) is 49.0. The Labute approximate surface area is 948 Å². The molecule has 15 N–H and O–H groups in total. The maximum atomic E-state index is 8.17. The van der Waals surface area contributed by atoms with Gasteiger partial charge in [-0.05, 0) is 212 Å². The molecule has 0 unspecified atom stereocenters. The second-order valence-corrected chi connectivity index (χ2v) is 39.2. The van der Waals surface area contributed by atoms with Crippen LogP contribution in [0.5, 0.6) is 0 Å². The number of hydrogen-bond acceptors (Lipinski definition) is 25. The second-order valence-electron chi connectivity index (χ2n) is 26.8. The van der Waals surface area contributed by atoms with E-state index in [4.69, 9.17) is 96.5 Å². The summed E-state index contributed by atoms with van der Waals surface area (Å²) < 4.78 is 87.1. The fourth-order valence-corrected chi connectivity index (χ4v) is 21.8. The summed E-state index contributed by atoms with van der Waals surface area (Å²) in [4.78, 5) is 9.58. The number of benzene rings is 6. The van der Waals surface area contributed by atoms with Crippen LogP contribution in [0, 0.1) is 0 Å². The number of fused-ring (bicyclic) bond motifs is 2. The molecule has 2 aliphatic carbocycles. The van der Waals surface area contributed by atoms with E-state index in [1.54, 1.807) is 64.0 Å². The van der Waals surface area contributed by atoms with Crippen molar-refractivity contribution in [3.05, 3.63) is 214 Å². The molecule has 0 bridgehead atoms. The second kappa shape index (κ2) is 115. The zero-order valence-corrected chi connectivity index (χ0v) is 108. The predicted octanol–water partition coefficient (Wildman–Crippen LogP) is 7.83. The van der Waals surface area contributed by atoms with Crippen LogP contribution in [0.2, 0.25) is 24.2 Å². The van der Waals surface area contributed by atoms with Crippen molar-refractivity contribution < 1.29 is 175 Å². The van der Waals surface area contributed by atoms with Crippen molar-refractivity contribution >= 4 is 159 Å². The molecule has 0 aromatic heterocycles. The van der Waals surface area contributed by atoms with Crippen molar-refractivity contribution in [1.29, 1.82) is 0 Å². The number of rotatable bonds is 42. The monoisotopic (exact) mass is 2390 g/mol. The Morgan fingerprint density at radius 2 is 0.507 bits per heavy atom. The van der Waals surface area contributed by atoms with Gasteiger partial charge in [-0.1, -0.05) is 140 Å². The number of aliphatic hydroxyl groups excluding tert-OH is 7. The van der Waals surface area contributed by atoms with Crippen LogP contribution in [-0.4, -0.2) is 393 Å². The summed E-state index contributed by atoms with van der Waals surface area (Å²) in [6.45, 7) is 54.4. The molecular weight excluding hydrogens is 2200 g/mol. The Balaban J connectivity index is -0.000000113. The van der Waals surface area contributed by atoms with Gasteiger partial charge in [0.25, 0.3) is 0 Å². The summed E-state index contributed by atoms with van der Waals surface area (Å²) in [6.07, 6.45) is 11.1. The average molecular weight is 2390 g/mol. The van der Waals surface area contributed by atoms with Crippen LogP contribution < -0.4 is 67.6 Å². The van der Waals surface area contributed by atoms with Crippen LogP contribution in [-0.2, 0) is 60.7 Å². The molecule has 0 spiro atoms. The molecule has 2 aliphatic rings. The number of aliphatic hydroxyl groups is 7. The molecule has 0 fully saturated rings. The van der Waals surface area contributed by atoms with Crippen molar-refractivity contribution in [2.75, 3.05) is 232 Å². The number of hydrogen-bond donors (Lipinski definition) is 7. The summed E-state index contributed by atoms with van der Waals surface area (Å²) in [5.41, 5.74) is 22.4. The molecule has 0 heterocycles. The zero-order chi connectivity index (χ0) is 106. The molecule has 0 amide bonds. The Bertz CT molecular complexity index is 3820. The first-order valence-electron chi connectivity index (χ1n) is 47.4. The number of anilines is 4. The van der Waals surface area contributed by atoms with Gasteiger partial charge in [0.15, 0.2) is 0 Å². The first-order valence-corrected chi connectivity index (χ1v) is 56.1. The van der Waals surface area contributed by atoms with E-state index < -0.39 is 35.2 Å². The van der Waals surface area contributed by atoms with E-state index in [1.165, 1.54) is 133 Å².